The second kappa shape index (κ2) is 12.5. The maximum Gasteiger partial charge on any atom is 0.338 e. The lowest BCUT2D eigenvalue weighted by Gasteiger charge is -2.29. The van der Waals surface area contributed by atoms with Crippen LogP contribution >= 0.6 is 15.9 Å². The predicted molar refractivity (Wildman–Crippen MR) is 151 cm³/mol. The van der Waals surface area contributed by atoms with Crippen molar-refractivity contribution in [3.05, 3.63) is 141 Å². The van der Waals surface area contributed by atoms with E-state index >= 15 is 0 Å². The van der Waals surface area contributed by atoms with Crippen molar-refractivity contribution >= 4 is 33.8 Å². The lowest BCUT2D eigenvalue weighted by molar-refractivity contribution is -0.0777. The monoisotopic (exact) mass is 652 g/mol. The summed E-state index contributed by atoms with van der Waals surface area (Å²) in [5.74, 6) is -3.86. The number of ether oxygens (including phenoxy) is 4. The van der Waals surface area contributed by atoms with Crippen molar-refractivity contribution in [1.29, 1.82) is 0 Å². The molecule has 11 nitrogen and oxygen atoms in total. The normalized spacial score (nSPS) is 21.1. The van der Waals surface area contributed by atoms with Gasteiger partial charge in [0.2, 0.25) is 5.82 Å². The number of nitrogens with one attached hydrogen (secondary N) is 1. The summed E-state index contributed by atoms with van der Waals surface area (Å²) in [7, 11) is 0. The van der Waals surface area contributed by atoms with E-state index in [9.17, 15) is 28.4 Å². The Morgan fingerprint density at radius 2 is 1.30 bits per heavy atom. The summed E-state index contributed by atoms with van der Waals surface area (Å²) in [5.41, 5.74) is -1.95. The van der Waals surface area contributed by atoms with Crippen LogP contribution in [-0.4, -0.2) is 50.8 Å². The highest BCUT2D eigenvalue weighted by atomic mass is 79.9. The number of esters is 3. The van der Waals surface area contributed by atoms with Gasteiger partial charge in [0.1, 0.15) is 6.61 Å². The Morgan fingerprint density at radius 3 is 1.84 bits per heavy atom. The second-order valence-electron chi connectivity index (χ2n) is 9.31. The summed E-state index contributed by atoms with van der Waals surface area (Å²) in [6.45, 7) is -0.621. The van der Waals surface area contributed by atoms with Crippen LogP contribution in [0.3, 0.4) is 0 Å². The molecule has 0 amide bonds. The molecular weight excluding hydrogens is 631 g/mol. The fourth-order valence-corrected chi connectivity index (χ4v) is 4.99. The van der Waals surface area contributed by atoms with E-state index in [1.807, 2.05) is 4.98 Å². The van der Waals surface area contributed by atoms with Crippen LogP contribution in [0.25, 0.3) is 0 Å². The minimum Gasteiger partial charge on any atom is -0.458 e. The second-order valence-corrected chi connectivity index (χ2v) is 10.7. The van der Waals surface area contributed by atoms with Crippen LogP contribution < -0.4 is 11.2 Å². The van der Waals surface area contributed by atoms with Gasteiger partial charge >= 0.3 is 23.6 Å². The van der Waals surface area contributed by atoms with Crippen LogP contribution in [0.1, 0.15) is 37.3 Å². The average molecular weight is 653 g/mol. The van der Waals surface area contributed by atoms with Gasteiger partial charge in [-0.3, -0.25) is 14.3 Å². The van der Waals surface area contributed by atoms with Crippen molar-refractivity contribution in [2.45, 2.75) is 22.9 Å². The van der Waals surface area contributed by atoms with E-state index in [-0.39, 0.29) is 16.7 Å². The SMILES string of the molecule is O=C(OCC1(Br)O[C@@H](n2cc(F)c(=O)[nH]c2=O)[C@H](OC(=O)c2ccccc2)[C@@H]1OC(=O)c1ccccc1)c1ccccc1. The summed E-state index contributed by atoms with van der Waals surface area (Å²) in [6, 6.07) is 23.6. The Balaban J connectivity index is 1.56. The molecule has 220 valence electrons. The third-order valence-electron chi connectivity index (χ3n) is 6.43. The maximum atomic E-state index is 14.4. The van der Waals surface area contributed by atoms with Gasteiger partial charge in [0.25, 0.3) is 5.56 Å². The van der Waals surface area contributed by atoms with Crippen LogP contribution in [0.5, 0.6) is 0 Å². The molecule has 1 fully saturated rings. The molecule has 3 aromatic carbocycles. The van der Waals surface area contributed by atoms with Crippen LogP contribution in [0.2, 0.25) is 0 Å². The Labute approximate surface area is 250 Å². The van der Waals surface area contributed by atoms with Crippen molar-refractivity contribution in [1.82, 2.24) is 9.55 Å². The van der Waals surface area contributed by atoms with Gasteiger partial charge in [-0.25, -0.2) is 19.2 Å². The number of H-pyrrole nitrogens is 1. The highest BCUT2D eigenvalue weighted by molar-refractivity contribution is 9.10. The van der Waals surface area contributed by atoms with Crippen LogP contribution in [0, 0.1) is 5.82 Å². The number of carbonyl (C=O) groups is 3. The van der Waals surface area contributed by atoms with E-state index in [4.69, 9.17) is 18.9 Å². The lowest BCUT2D eigenvalue weighted by Crippen LogP contribution is -2.47. The van der Waals surface area contributed by atoms with E-state index in [1.54, 1.807) is 54.6 Å². The fourth-order valence-electron chi connectivity index (χ4n) is 4.33. The number of alkyl halides is 1. The lowest BCUT2D eigenvalue weighted by atomic mass is 10.1. The molecule has 0 bridgehead atoms. The molecule has 0 radical (unpaired) electrons. The van der Waals surface area contributed by atoms with Crippen molar-refractivity contribution in [3.63, 3.8) is 0 Å². The molecule has 1 aromatic heterocycles. The zero-order valence-electron chi connectivity index (χ0n) is 22.1. The van der Waals surface area contributed by atoms with Gasteiger partial charge in [0, 0.05) is 0 Å². The number of carbonyl (C=O) groups excluding carboxylic acids is 3. The van der Waals surface area contributed by atoms with Gasteiger partial charge in [0.05, 0.1) is 22.9 Å². The Bertz CT molecular complexity index is 1750. The number of aromatic nitrogens is 2. The molecule has 43 heavy (non-hydrogen) atoms. The molecule has 4 aromatic rings. The van der Waals surface area contributed by atoms with Crippen LogP contribution in [-0.2, 0) is 18.9 Å². The molecule has 5 rings (SSSR count). The molecular formula is C30H22BrFN2O9. The molecule has 13 heteroatoms. The Hall–Kier alpha value is -4.88. The van der Waals surface area contributed by atoms with Gasteiger partial charge in [-0.15, -0.1) is 0 Å². The molecule has 0 aliphatic carbocycles. The summed E-state index contributed by atoms with van der Waals surface area (Å²) < 4.78 is 36.2. The van der Waals surface area contributed by atoms with Gasteiger partial charge in [-0.2, -0.15) is 4.39 Å². The molecule has 0 saturated carbocycles. The largest absolute Gasteiger partial charge is 0.458 e. The molecule has 1 saturated heterocycles. The first kappa shape index (κ1) is 29.6. The van der Waals surface area contributed by atoms with Gasteiger partial charge in [-0.1, -0.05) is 54.6 Å². The number of aromatic amines is 1. The predicted octanol–water partition coefficient (Wildman–Crippen LogP) is 3.60. The molecule has 4 atom stereocenters. The van der Waals surface area contributed by atoms with E-state index in [0.29, 0.717) is 10.8 Å². The van der Waals surface area contributed by atoms with E-state index in [1.165, 1.54) is 36.4 Å². The maximum absolute atomic E-state index is 14.4. The first-order valence-corrected chi connectivity index (χ1v) is 13.6. The summed E-state index contributed by atoms with van der Waals surface area (Å²) in [4.78, 5) is 65.6. The standard InChI is InChI=1S/C30H22BrFN2O9/c31-30(17-40-26(36)18-10-4-1-5-11-18)23(42-28(38)20-14-8-3-9-15-20)22(41-27(37)19-12-6-2-7-13-19)25(43-30)34-16-21(32)24(35)33-29(34)39/h1-16,22-23,25H,17H2,(H,33,35,39)/t22-,23+,25-,30?/m1/s1. The molecule has 1 aliphatic heterocycles. The third kappa shape index (κ3) is 6.47. The number of halogens is 2. The van der Waals surface area contributed by atoms with Gasteiger partial charge < -0.3 is 18.9 Å². The van der Waals surface area contributed by atoms with Gasteiger partial charge in [0.15, 0.2) is 22.9 Å². The quantitative estimate of drug-likeness (QED) is 0.172. The van der Waals surface area contributed by atoms with Gasteiger partial charge in [-0.05, 0) is 52.3 Å². The van der Waals surface area contributed by atoms with Crippen LogP contribution in [0.15, 0.2) is 107 Å². The Kier molecular flexibility index (Phi) is 8.64. The number of hydrogen-bond acceptors (Lipinski definition) is 9. The van der Waals surface area contributed by atoms with E-state index < -0.39 is 64.5 Å². The first-order chi connectivity index (χ1) is 20.7. The van der Waals surface area contributed by atoms with Crippen LogP contribution in [0.4, 0.5) is 4.39 Å². The van der Waals surface area contributed by atoms with E-state index in [0.717, 1.165) is 0 Å². The molecule has 2 heterocycles. The number of benzene rings is 3. The molecule has 0 spiro atoms. The van der Waals surface area contributed by atoms with Crippen molar-refractivity contribution < 1.29 is 37.7 Å². The zero-order valence-corrected chi connectivity index (χ0v) is 23.6. The summed E-state index contributed by atoms with van der Waals surface area (Å²) in [6.07, 6.45) is -4.31. The van der Waals surface area contributed by atoms with Crippen molar-refractivity contribution in [2.24, 2.45) is 0 Å². The number of nitrogens with zero attached hydrogens (tertiary/aromatic N) is 1. The third-order valence-corrected chi connectivity index (χ3v) is 7.29. The minimum absolute atomic E-state index is 0.108. The highest BCUT2D eigenvalue weighted by Crippen LogP contribution is 2.45. The first-order valence-electron chi connectivity index (χ1n) is 12.8. The zero-order chi connectivity index (χ0) is 30.6. The smallest absolute Gasteiger partial charge is 0.338 e. The molecule has 1 unspecified atom stereocenters. The minimum atomic E-state index is -1.93. The highest BCUT2D eigenvalue weighted by Gasteiger charge is 2.60. The summed E-state index contributed by atoms with van der Waals surface area (Å²) >= 11 is 3.35. The topological polar surface area (TPSA) is 143 Å². The number of rotatable bonds is 8. The number of hydrogen-bond donors (Lipinski definition) is 1. The Morgan fingerprint density at radius 1 is 0.814 bits per heavy atom. The molecule has 1 N–H and O–H groups in total. The average Bonchev–Trinajstić information content (AvgIpc) is 3.29. The van der Waals surface area contributed by atoms with Crippen molar-refractivity contribution in [2.75, 3.05) is 6.61 Å². The molecule has 1 aliphatic rings. The van der Waals surface area contributed by atoms with E-state index in [2.05, 4.69) is 15.9 Å². The van der Waals surface area contributed by atoms with Crippen molar-refractivity contribution in [3.8, 4) is 0 Å². The fraction of sp³-hybridized carbons (Fsp3) is 0.167. The summed E-state index contributed by atoms with van der Waals surface area (Å²) in [5, 5.41) is 0.